The Hall–Kier alpha value is -1.75. The van der Waals surface area contributed by atoms with E-state index in [4.69, 9.17) is 0 Å². The summed E-state index contributed by atoms with van der Waals surface area (Å²) in [6.07, 6.45) is 2.61. The lowest BCUT2D eigenvalue weighted by atomic mass is 10.1. The van der Waals surface area contributed by atoms with Gasteiger partial charge in [0, 0.05) is 65.6 Å². The Balaban J connectivity index is 1.60. The van der Waals surface area contributed by atoms with Gasteiger partial charge in [-0.25, -0.2) is 4.79 Å². The number of rotatable bonds is 3. The molecule has 126 valence electrons. The number of carbonyl (C=O) groups is 1. The quantitative estimate of drug-likeness (QED) is 0.855. The van der Waals surface area contributed by atoms with Crippen molar-refractivity contribution in [3.63, 3.8) is 0 Å². The van der Waals surface area contributed by atoms with Crippen molar-refractivity contribution in [3.8, 4) is 0 Å². The summed E-state index contributed by atoms with van der Waals surface area (Å²) in [5.74, 6) is 0. The number of nitrogens with zero attached hydrogens (tertiary/aromatic N) is 4. The fourth-order valence-corrected chi connectivity index (χ4v) is 3.53. The maximum Gasteiger partial charge on any atom is 0.319 e. The lowest BCUT2D eigenvalue weighted by Crippen LogP contribution is -2.51. The molecule has 2 fully saturated rings. The van der Waals surface area contributed by atoms with Crippen molar-refractivity contribution in [1.29, 1.82) is 0 Å². The molecule has 0 radical (unpaired) electrons. The first-order valence-corrected chi connectivity index (χ1v) is 8.66. The first kappa shape index (κ1) is 16.1. The van der Waals surface area contributed by atoms with Crippen molar-refractivity contribution in [2.45, 2.75) is 19.4 Å². The van der Waals surface area contributed by atoms with Crippen molar-refractivity contribution in [2.75, 3.05) is 58.3 Å². The summed E-state index contributed by atoms with van der Waals surface area (Å²) in [5.41, 5.74) is 2.82. The minimum absolute atomic E-state index is 0.127. The predicted octanol–water partition coefficient (Wildman–Crippen LogP) is 2.09. The molecule has 0 unspecified atom stereocenters. The second-order valence-corrected chi connectivity index (χ2v) is 6.76. The predicted molar refractivity (Wildman–Crippen MR) is 93.8 cm³/mol. The van der Waals surface area contributed by atoms with E-state index in [-0.39, 0.29) is 6.03 Å². The summed E-state index contributed by atoms with van der Waals surface area (Å²) < 4.78 is 0. The molecule has 5 heteroatoms. The fourth-order valence-electron chi connectivity index (χ4n) is 3.53. The smallest absolute Gasteiger partial charge is 0.319 e. The number of hydrogen-bond acceptors (Lipinski definition) is 3. The van der Waals surface area contributed by atoms with Gasteiger partial charge in [0.1, 0.15) is 0 Å². The summed E-state index contributed by atoms with van der Waals surface area (Å²) in [6, 6.07) is 8.92. The van der Waals surface area contributed by atoms with Gasteiger partial charge in [0.2, 0.25) is 0 Å². The fraction of sp³-hybridized carbons (Fsp3) is 0.611. The molecular formula is C18H28N4O. The molecule has 0 bridgehead atoms. The average molecular weight is 316 g/mol. The molecule has 0 spiro atoms. The van der Waals surface area contributed by atoms with E-state index < -0.39 is 0 Å². The number of piperazine rings is 1. The van der Waals surface area contributed by atoms with Crippen LogP contribution in [0.15, 0.2) is 24.3 Å². The van der Waals surface area contributed by atoms with Gasteiger partial charge in [-0.3, -0.25) is 4.90 Å². The Morgan fingerprint density at radius 1 is 1.00 bits per heavy atom. The molecule has 23 heavy (non-hydrogen) atoms. The lowest BCUT2D eigenvalue weighted by molar-refractivity contribution is 0.120. The van der Waals surface area contributed by atoms with E-state index in [9.17, 15) is 4.79 Å². The van der Waals surface area contributed by atoms with Crippen LogP contribution in [0.1, 0.15) is 18.4 Å². The van der Waals surface area contributed by atoms with Gasteiger partial charge in [0.25, 0.3) is 0 Å². The monoisotopic (exact) mass is 316 g/mol. The largest absolute Gasteiger partial charge is 0.371 e. The minimum atomic E-state index is 0.127. The van der Waals surface area contributed by atoms with Crippen LogP contribution in [0, 0.1) is 0 Å². The van der Waals surface area contributed by atoms with Crippen molar-refractivity contribution in [3.05, 3.63) is 29.8 Å². The van der Waals surface area contributed by atoms with Gasteiger partial charge in [-0.05, 0) is 24.5 Å². The Morgan fingerprint density at radius 3 is 2.30 bits per heavy atom. The van der Waals surface area contributed by atoms with Crippen molar-refractivity contribution < 1.29 is 4.79 Å². The van der Waals surface area contributed by atoms with E-state index in [2.05, 4.69) is 34.1 Å². The van der Waals surface area contributed by atoms with Crippen molar-refractivity contribution in [1.82, 2.24) is 14.7 Å². The molecule has 0 saturated carbocycles. The summed E-state index contributed by atoms with van der Waals surface area (Å²) in [5, 5.41) is 0. The number of benzene rings is 1. The molecule has 5 nitrogen and oxygen atoms in total. The third kappa shape index (κ3) is 3.78. The maximum atomic E-state index is 12.0. The first-order chi connectivity index (χ1) is 11.1. The number of urea groups is 1. The SMILES string of the molecule is CN(C)C(=O)N1CCN(Cc2ccccc2N2CCCC2)CC1. The van der Waals surface area contributed by atoms with Crippen LogP contribution in [0.5, 0.6) is 0 Å². The van der Waals surface area contributed by atoms with E-state index in [1.807, 2.05) is 19.0 Å². The third-order valence-corrected chi connectivity index (χ3v) is 4.86. The molecule has 0 N–H and O–H groups in total. The Kier molecular flexibility index (Phi) is 5.06. The molecular weight excluding hydrogens is 288 g/mol. The van der Waals surface area contributed by atoms with E-state index in [1.165, 1.54) is 37.2 Å². The summed E-state index contributed by atoms with van der Waals surface area (Å²) in [4.78, 5) is 20.6. The van der Waals surface area contributed by atoms with E-state index in [1.54, 1.807) is 4.90 Å². The van der Waals surface area contributed by atoms with Gasteiger partial charge in [0.15, 0.2) is 0 Å². The highest BCUT2D eigenvalue weighted by Crippen LogP contribution is 2.25. The van der Waals surface area contributed by atoms with Gasteiger partial charge >= 0.3 is 6.03 Å². The van der Waals surface area contributed by atoms with Crippen LogP contribution in [0.3, 0.4) is 0 Å². The minimum Gasteiger partial charge on any atom is -0.371 e. The van der Waals surface area contributed by atoms with Gasteiger partial charge in [-0.15, -0.1) is 0 Å². The molecule has 0 aromatic heterocycles. The van der Waals surface area contributed by atoms with Crippen LogP contribution in [-0.4, -0.2) is 74.1 Å². The number of anilines is 1. The molecule has 3 rings (SSSR count). The molecule has 2 saturated heterocycles. The van der Waals surface area contributed by atoms with Crippen molar-refractivity contribution in [2.24, 2.45) is 0 Å². The summed E-state index contributed by atoms with van der Waals surface area (Å²) in [6.45, 7) is 6.90. The standard InChI is InChI=1S/C18H28N4O/c1-19(2)18(23)22-13-11-20(12-14-22)15-16-7-3-4-8-17(16)21-9-5-6-10-21/h3-4,7-8H,5-6,9-15H2,1-2H3. The number of hydrogen-bond donors (Lipinski definition) is 0. The molecule has 2 heterocycles. The van der Waals surface area contributed by atoms with Crippen LogP contribution in [0.2, 0.25) is 0 Å². The zero-order valence-electron chi connectivity index (χ0n) is 14.4. The summed E-state index contributed by atoms with van der Waals surface area (Å²) >= 11 is 0. The number of para-hydroxylation sites is 1. The highest BCUT2D eigenvalue weighted by molar-refractivity contribution is 5.73. The lowest BCUT2D eigenvalue weighted by Gasteiger charge is -2.36. The molecule has 2 amide bonds. The topological polar surface area (TPSA) is 30.0 Å². The van der Waals surface area contributed by atoms with Crippen LogP contribution in [0.25, 0.3) is 0 Å². The maximum absolute atomic E-state index is 12.0. The Bertz CT molecular complexity index is 532. The number of amides is 2. The second-order valence-electron chi connectivity index (χ2n) is 6.76. The highest BCUT2D eigenvalue weighted by atomic mass is 16.2. The third-order valence-electron chi connectivity index (χ3n) is 4.86. The molecule has 0 aliphatic carbocycles. The second kappa shape index (κ2) is 7.21. The number of carbonyl (C=O) groups excluding carboxylic acids is 1. The zero-order chi connectivity index (χ0) is 16.2. The highest BCUT2D eigenvalue weighted by Gasteiger charge is 2.23. The van der Waals surface area contributed by atoms with E-state index >= 15 is 0 Å². The Labute approximate surface area is 139 Å². The molecule has 0 atom stereocenters. The van der Waals surface area contributed by atoms with Crippen molar-refractivity contribution >= 4 is 11.7 Å². The molecule has 1 aromatic carbocycles. The molecule has 2 aliphatic rings. The van der Waals surface area contributed by atoms with Gasteiger partial charge < -0.3 is 14.7 Å². The van der Waals surface area contributed by atoms with Gasteiger partial charge in [0.05, 0.1) is 0 Å². The average Bonchev–Trinajstić information content (AvgIpc) is 3.09. The zero-order valence-corrected chi connectivity index (χ0v) is 14.4. The normalized spacial score (nSPS) is 19.2. The van der Waals surface area contributed by atoms with Crippen LogP contribution in [0.4, 0.5) is 10.5 Å². The molecule has 2 aliphatic heterocycles. The van der Waals surface area contributed by atoms with Crippen LogP contribution < -0.4 is 4.90 Å². The van der Waals surface area contributed by atoms with E-state index in [0.29, 0.717) is 0 Å². The van der Waals surface area contributed by atoms with Crippen LogP contribution >= 0.6 is 0 Å². The summed E-state index contributed by atoms with van der Waals surface area (Å²) in [7, 11) is 3.64. The molecule has 1 aromatic rings. The van der Waals surface area contributed by atoms with E-state index in [0.717, 1.165) is 32.7 Å². The van der Waals surface area contributed by atoms with Gasteiger partial charge in [-0.1, -0.05) is 18.2 Å². The van der Waals surface area contributed by atoms with Gasteiger partial charge in [-0.2, -0.15) is 0 Å². The Morgan fingerprint density at radius 2 is 1.65 bits per heavy atom. The van der Waals surface area contributed by atoms with Crippen LogP contribution in [-0.2, 0) is 6.54 Å². The first-order valence-electron chi connectivity index (χ1n) is 8.66.